The van der Waals surface area contributed by atoms with Crippen molar-refractivity contribution in [1.82, 2.24) is 5.32 Å². The third-order valence-electron chi connectivity index (χ3n) is 3.94. The average molecular weight is 245 g/mol. The monoisotopic (exact) mass is 245 g/mol. The van der Waals surface area contributed by atoms with Crippen LogP contribution in [0.4, 0.5) is 0 Å². The van der Waals surface area contributed by atoms with Crippen LogP contribution < -0.4 is 5.32 Å². The lowest BCUT2D eigenvalue weighted by Gasteiger charge is -2.22. The number of nitrogens with one attached hydrogen (secondary N) is 1. The first-order valence-electron chi connectivity index (χ1n) is 7.02. The highest BCUT2D eigenvalue weighted by Gasteiger charge is 2.14. The van der Waals surface area contributed by atoms with Gasteiger partial charge in [-0.2, -0.15) is 0 Å². The van der Waals surface area contributed by atoms with Gasteiger partial charge in [-0.1, -0.05) is 24.3 Å². The molecule has 1 heterocycles. The van der Waals surface area contributed by atoms with Crippen LogP contribution >= 0.6 is 0 Å². The van der Waals surface area contributed by atoms with Crippen molar-refractivity contribution in [2.75, 3.05) is 13.1 Å². The second kappa shape index (κ2) is 6.69. The van der Waals surface area contributed by atoms with Crippen LogP contribution in [0.5, 0.6) is 0 Å². The summed E-state index contributed by atoms with van der Waals surface area (Å²) in [5.74, 6) is 1.15. The van der Waals surface area contributed by atoms with Gasteiger partial charge in [0.05, 0.1) is 0 Å². The molecule has 0 radical (unpaired) electrons. The quantitative estimate of drug-likeness (QED) is 0.864. The Morgan fingerprint density at radius 3 is 2.72 bits per heavy atom. The summed E-state index contributed by atoms with van der Waals surface area (Å²) >= 11 is 0. The predicted octanol–water partition coefficient (Wildman–Crippen LogP) is 2.89. The molecule has 1 aliphatic heterocycles. The maximum atomic E-state index is 12.0. The highest BCUT2D eigenvalue weighted by Crippen LogP contribution is 2.19. The molecule has 2 nitrogen and oxygen atoms in total. The number of rotatable bonds is 5. The highest BCUT2D eigenvalue weighted by molar-refractivity contribution is 5.81. The van der Waals surface area contributed by atoms with Crippen molar-refractivity contribution in [1.29, 1.82) is 0 Å². The van der Waals surface area contributed by atoms with E-state index >= 15 is 0 Å². The zero-order valence-corrected chi connectivity index (χ0v) is 11.2. The minimum absolute atomic E-state index is 0.392. The van der Waals surface area contributed by atoms with Crippen molar-refractivity contribution < 1.29 is 4.79 Å². The summed E-state index contributed by atoms with van der Waals surface area (Å²) in [7, 11) is 0. The number of carbonyl (C=O) groups is 1. The first kappa shape index (κ1) is 13.3. The van der Waals surface area contributed by atoms with Gasteiger partial charge in [-0.3, -0.25) is 4.79 Å². The first-order valence-corrected chi connectivity index (χ1v) is 7.02. The van der Waals surface area contributed by atoms with Gasteiger partial charge in [0.1, 0.15) is 5.78 Å². The Morgan fingerprint density at radius 1 is 1.28 bits per heavy atom. The number of hydrogen-bond acceptors (Lipinski definition) is 2. The number of carbonyl (C=O) groups excluding carboxylic acids is 1. The van der Waals surface area contributed by atoms with Crippen LogP contribution in [0, 0.1) is 12.8 Å². The van der Waals surface area contributed by atoms with E-state index in [2.05, 4.69) is 24.4 Å². The molecule has 0 spiro atoms. The Kier molecular flexibility index (Phi) is 4.94. The minimum atomic E-state index is 0.392. The van der Waals surface area contributed by atoms with Gasteiger partial charge < -0.3 is 5.32 Å². The fourth-order valence-electron chi connectivity index (χ4n) is 2.64. The molecule has 0 atom stereocenters. The molecule has 1 N–H and O–H groups in total. The molecule has 0 amide bonds. The highest BCUT2D eigenvalue weighted by atomic mass is 16.1. The van der Waals surface area contributed by atoms with E-state index in [0.717, 1.165) is 31.8 Å². The van der Waals surface area contributed by atoms with Crippen LogP contribution in [0.1, 0.15) is 36.8 Å². The van der Waals surface area contributed by atoms with Gasteiger partial charge in [0.15, 0.2) is 0 Å². The van der Waals surface area contributed by atoms with Gasteiger partial charge in [-0.05, 0) is 56.3 Å². The SMILES string of the molecule is Cc1ccccc1CC(=O)CCC1CCNCC1. The Morgan fingerprint density at radius 2 is 2.00 bits per heavy atom. The maximum Gasteiger partial charge on any atom is 0.137 e. The molecule has 1 aliphatic rings. The van der Waals surface area contributed by atoms with Gasteiger partial charge in [0.25, 0.3) is 0 Å². The van der Waals surface area contributed by atoms with Crippen LogP contribution in [0.3, 0.4) is 0 Å². The summed E-state index contributed by atoms with van der Waals surface area (Å²) in [5, 5.41) is 3.36. The van der Waals surface area contributed by atoms with Gasteiger partial charge in [-0.25, -0.2) is 0 Å². The lowest BCUT2D eigenvalue weighted by Crippen LogP contribution is -2.28. The Hall–Kier alpha value is -1.15. The Bertz CT molecular complexity index is 394. The predicted molar refractivity (Wildman–Crippen MR) is 74.7 cm³/mol. The molecular formula is C16H23NO. The lowest BCUT2D eigenvalue weighted by atomic mass is 9.91. The minimum Gasteiger partial charge on any atom is -0.317 e. The fraction of sp³-hybridized carbons (Fsp3) is 0.562. The summed E-state index contributed by atoms with van der Waals surface area (Å²) in [6.45, 7) is 4.32. The van der Waals surface area contributed by atoms with E-state index in [9.17, 15) is 4.79 Å². The van der Waals surface area contributed by atoms with E-state index in [1.807, 2.05) is 12.1 Å². The van der Waals surface area contributed by atoms with E-state index in [1.54, 1.807) is 0 Å². The molecule has 2 rings (SSSR count). The van der Waals surface area contributed by atoms with Gasteiger partial charge in [0.2, 0.25) is 0 Å². The van der Waals surface area contributed by atoms with Crippen molar-refractivity contribution in [3.05, 3.63) is 35.4 Å². The van der Waals surface area contributed by atoms with E-state index in [0.29, 0.717) is 12.2 Å². The van der Waals surface area contributed by atoms with E-state index in [4.69, 9.17) is 0 Å². The molecule has 0 aliphatic carbocycles. The number of piperidine rings is 1. The molecule has 1 aromatic carbocycles. The molecule has 0 unspecified atom stereocenters. The van der Waals surface area contributed by atoms with Crippen LogP contribution in [-0.2, 0) is 11.2 Å². The fourth-order valence-corrected chi connectivity index (χ4v) is 2.64. The topological polar surface area (TPSA) is 29.1 Å². The lowest BCUT2D eigenvalue weighted by molar-refractivity contribution is -0.118. The van der Waals surface area contributed by atoms with E-state index < -0.39 is 0 Å². The number of ketones is 1. The largest absolute Gasteiger partial charge is 0.317 e. The number of Topliss-reactive ketones (excluding diaryl/α,β-unsaturated/α-hetero) is 1. The van der Waals surface area contributed by atoms with Crippen LogP contribution in [0.25, 0.3) is 0 Å². The molecule has 18 heavy (non-hydrogen) atoms. The van der Waals surface area contributed by atoms with Crippen LogP contribution in [0.15, 0.2) is 24.3 Å². The van der Waals surface area contributed by atoms with Crippen molar-refractivity contribution >= 4 is 5.78 Å². The van der Waals surface area contributed by atoms with Crippen LogP contribution in [-0.4, -0.2) is 18.9 Å². The zero-order chi connectivity index (χ0) is 12.8. The number of hydrogen-bond donors (Lipinski definition) is 1. The number of aryl methyl sites for hydroxylation is 1. The van der Waals surface area contributed by atoms with Gasteiger partial charge in [0, 0.05) is 12.8 Å². The average Bonchev–Trinajstić information content (AvgIpc) is 2.40. The maximum absolute atomic E-state index is 12.0. The summed E-state index contributed by atoms with van der Waals surface area (Å²) in [6.07, 6.45) is 4.90. The molecule has 1 aromatic rings. The summed E-state index contributed by atoms with van der Waals surface area (Å²) < 4.78 is 0. The standard InChI is InChI=1S/C16H23NO/c1-13-4-2-3-5-15(13)12-16(18)7-6-14-8-10-17-11-9-14/h2-5,14,17H,6-12H2,1H3. The van der Waals surface area contributed by atoms with Crippen LogP contribution in [0.2, 0.25) is 0 Å². The second-order valence-electron chi connectivity index (χ2n) is 5.37. The first-order chi connectivity index (χ1) is 8.75. The van der Waals surface area contributed by atoms with Gasteiger partial charge >= 0.3 is 0 Å². The normalized spacial score (nSPS) is 16.7. The van der Waals surface area contributed by atoms with Crippen molar-refractivity contribution in [2.24, 2.45) is 5.92 Å². The van der Waals surface area contributed by atoms with Crippen molar-refractivity contribution in [3.8, 4) is 0 Å². The van der Waals surface area contributed by atoms with Gasteiger partial charge in [-0.15, -0.1) is 0 Å². The zero-order valence-electron chi connectivity index (χ0n) is 11.2. The van der Waals surface area contributed by atoms with Crippen molar-refractivity contribution in [3.63, 3.8) is 0 Å². The summed E-state index contributed by atoms with van der Waals surface area (Å²) in [4.78, 5) is 12.0. The summed E-state index contributed by atoms with van der Waals surface area (Å²) in [6, 6.07) is 8.19. The molecule has 0 saturated carbocycles. The molecule has 0 aromatic heterocycles. The summed E-state index contributed by atoms with van der Waals surface area (Å²) in [5.41, 5.74) is 2.42. The molecule has 1 saturated heterocycles. The number of benzene rings is 1. The third-order valence-corrected chi connectivity index (χ3v) is 3.94. The van der Waals surface area contributed by atoms with Crippen molar-refractivity contribution in [2.45, 2.75) is 39.0 Å². The molecule has 98 valence electrons. The molecule has 2 heteroatoms. The van der Waals surface area contributed by atoms with E-state index in [-0.39, 0.29) is 0 Å². The second-order valence-corrected chi connectivity index (χ2v) is 5.37. The smallest absolute Gasteiger partial charge is 0.137 e. The molecule has 1 fully saturated rings. The molecule has 0 bridgehead atoms. The Balaban J connectivity index is 1.76. The van der Waals surface area contributed by atoms with E-state index in [1.165, 1.54) is 24.0 Å². The Labute approximate surface area is 110 Å². The third kappa shape index (κ3) is 3.95. The molecular weight excluding hydrogens is 222 g/mol.